The van der Waals surface area contributed by atoms with E-state index in [2.05, 4.69) is 10.2 Å². The Labute approximate surface area is 165 Å². The number of rotatable bonds is 5. The average molecular weight is 402 g/mol. The van der Waals surface area contributed by atoms with E-state index in [0.717, 1.165) is 31.6 Å². The predicted octanol–water partition coefficient (Wildman–Crippen LogP) is 5.18. The Morgan fingerprint density at radius 2 is 2.00 bits per heavy atom. The highest BCUT2D eigenvalue weighted by Crippen LogP contribution is 2.34. The fourth-order valence-electron chi connectivity index (χ4n) is 3.62. The van der Waals surface area contributed by atoms with Gasteiger partial charge in [0.15, 0.2) is 0 Å². The van der Waals surface area contributed by atoms with Gasteiger partial charge in [0.1, 0.15) is 11.6 Å². The third-order valence-corrected chi connectivity index (χ3v) is 6.07. The van der Waals surface area contributed by atoms with E-state index < -0.39 is 11.7 Å². The van der Waals surface area contributed by atoms with Gasteiger partial charge in [-0.25, -0.2) is 8.78 Å². The van der Waals surface area contributed by atoms with E-state index in [9.17, 15) is 13.6 Å². The van der Waals surface area contributed by atoms with Crippen molar-refractivity contribution in [1.82, 2.24) is 0 Å². The molecule has 0 atom stereocenters. The van der Waals surface area contributed by atoms with Crippen molar-refractivity contribution in [1.29, 1.82) is 0 Å². The van der Waals surface area contributed by atoms with E-state index in [0.29, 0.717) is 26.2 Å². The number of carbonyl (C=O) groups is 1. The standard InChI is InChI=1S/C21H20F2N2O2S/c1-27-12-16-19-17(23)5-4-6-18(19)28-20(16)21(26)24-14-9-13(22)10-15(11-14)25-7-2-3-8-25/h4-6,9-11H,2-3,7-8,12H2,1H3,(H,24,26). The van der Waals surface area contributed by atoms with Crippen LogP contribution in [0.5, 0.6) is 0 Å². The summed E-state index contributed by atoms with van der Waals surface area (Å²) in [5.74, 6) is -1.19. The summed E-state index contributed by atoms with van der Waals surface area (Å²) >= 11 is 1.20. The van der Waals surface area contributed by atoms with Gasteiger partial charge in [-0.3, -0.25) is 4.79 Å². The summed E-state index contributed by atoms with van der Waals surface area (Å²) < 4.78 is 34.3. The molecule has 2 heterocycles. The summed E-state index contributed by atoms with van der Waals surface area (Å²) in [4.78, 5) is 15.4. The number of nitrogens with one attached hydrogen (secondary N) is 1. The van der Waals surface area contributed by atoms with Crippen molar-refractivity contribution < 1.29 is 18.3 Å². The second kappa shape index (κ2) is 7.85. The van der Waals surface area contributed by atoms with Gasteiger partial charge < -0.3 is 15.0 Å². The van der Waals surface area contributed by atoms with Crippen molar-refractivity contribution in [2.45, 2.75) is 19.4 Å². The van der Waals surface area contributed by atoms with E-state index in [1.807, 2.05) is 0 Å². The molecular formula is C21H20F2N2O2S. The molecule has 0 radical (unpaired) electrons. The zero-order valence-electron chi connectivity index (χ0n) is 15.4. The molecule has 2 aromatic carbocycles. The molecule has 0 unspecified atom stereocenters. The highest BCUT2D eigenvalue weighted by Gasteiger charge is 2.21. The molecule has 7 heteroatoms. The third kappa shape index (κ3) is 3.59. The Kier molecular flexibility index (Phi) is 5.28. The predicted molar refractivity (Wildman–Crippen MR) is 108 cm³/mol. The maximum absolute atomic E-state index is 14.3. The summed E-state index contributed by atoms with van der Waals surface area (Å²) in [6.07, 6.45) is 2.15. The molecule has 0 spiro atoms. The SMILES string of the molecule is COCc1c(C(=O)Nc2cc(F)cc(N3CCCC3)c2)sc2cccc(F)c12. The van der Waals surface area contributed by atoms with Crippen molar-refractivity contribution in [3.8, 4) is 0 Å². The number of benzene rings is 2. The number of methoxy groups -OCH3 is 1. The molecular weight excluding hydrogens is 382 g/mol. The molecule has 0 saturated carbocycles. The quantitative estimate of drug-likeness (QED) is 0.640. The summed E-state index contributed by atoms with van der Waals surface area (Å²) in [5.41, 5.74) is 1.65. The highest BCUT2D eigenvalue weighted by atomic mass is 32.1. The minimum atomic E-state index is -0.404. The fourth-order valence-corrected chi connectivity index (χ4v) is 4.74. The molecule has 1 saturated heterocycles. The number of hydrogen-bond donors (Lipinski definition) is 1. The monoisotopic (exact) mass is 402 g/mol. The molecule has 4 rings (SSSR count). The summed E-state index contributed by atoms with van der Waals surface area (Å²) in [5, 5.41) is 3.17. The minimum Gasteiger partial charge on any atom is -0.380 e. The Morgan fingerprint density at radius 1 is 1.21 bits per heavy atom. The van der Waals surface area contributed by atoms with Crippen molar-refractivity contribution in [3.63, 3.8) is 0 Å². The summed E-state index contributed by atoms with van der Waals surface area (Å²) in [7, 11) is 1.50. The highest BCUT2D eigenvalue weighted by molar-refractivity contribution is 7.21. The van der Waals surface area contributed by atoms with Crippen LogP contribution in [0.25, 0.3) is 10.1 Å². The Bertz CT molecular complexity index is 1030. The number of anilines is 2. The van der Waals surface area contributed by atoms with Gasteiger partial charge in [-0.15, -0.1) is 11.3 Å². The molecule has 1 aliphatic rings. The van der Waals surface area contributed by atoms with Gasteiger partial charge in [0.2, 0.25) is 0 Å². The lowest BCUT2D eigenvalue weighted by atomic mass is 10.1. The Morgan fingerprint density at radius 3 is 2.75 bits per heavy atom. The molecule has 1 amide bonds. The smallest absolute Gasteiger partial charge is 0.266 e. The maximum atomic E-state index is 14.3. The largest absolute Gasteiger partial charge is 0.380 e. The molecule has 0 aliphatic carbocycles. The number of halogens is 2. The first-order chi connectivity index (χ1) is 13.6. The zero-order valence-corrected chi connectivity index (χ0v) is 16.2. The lowest BCUT2D eigenvalue weighted by Gasteiger charge is -2.18. The van der Waals surface area contributed by atoms with Crippen molar-refractivity contribution in [3.05, 3.63) is 58.5 Å². The van der Waals surface area contributed by atoms with Crippen LogP contribution in [-0.2, 0) is 11.3 Å². The number of thiophene rings is 1. The van der Waals surface area contributed by atoms with E-state index >= 15 is 0 Å². The lowest BCUT2D eigenvalue weighted by molar-refractivity contribution is 0.102. The van der Waals surface area contributed by atoms with Crippen LogP contribution in [-0.4, -0.2) is 26.1 Å². The number of nitrogens with zero attached hydrogens (tertiary/aromatic N) is 1. The van der Waals surface area contributed by atoms with Gasteiger partial charge in [0, 0.05) is 47.2 Å². The van der Waals surface area contributed by atoms with Gasteiger partial charge in [0.25, 0.3) is 5.91 Å². The number of carbonyl (C=O) groups excluding carboxylic acids is 1. The van der Waals surface area contributed by atoms with Crippen molar-refractivity contribution in [2.24, 2.45) is 0 Å². The van der Waals surface area contributed by atoms with E-state index in [1.54, 1.807) is 18.2 Å². The third-order valence-electron chi connectivity index (χ3n) is 4.87. The van der Waals surface area contributed by atoms with E-state index in [1.165, 1.54) is 36.6 Å². The first-order valence-electron chi connectivity index (χ1n) is 9.12. The minimum absolute atomic E-state index is 0.117. The number of hydrogen-bond acceptors (Lipinski definition) is 4. The first kappa shape index (κ1) is 18.8. The van der Waals surface area contributed by atoms with Crippen LogP contribution in [0.15, 0.2) is 36.4 Å². The molecule has 1 aliphatic heterocycles. The van der Waals surface area contributed by atoms with Crippen LogP contribution in [0.1, 0.15) is 28.1 Å². The van der Waals surface area contributed by atoms with Gasteiger partial charge in [-0.2, -0.15) is 0 Å². The molecule has 1 aromatic heterocycles. The summed E-state index contributed by atoms with van der Waals surface area (Å²) in [6.45, 7) is 1.88. The molecule has 0 bridgehead atoms. The molecule has 146 valence electrons. The van der Waals surface area contributed by atoms with E-state index in [-0.39, 0.29) is 12.4 Å². The summed E-state index contributed by atoms with van der Waals surface area (Å²) in [6, 6.07) is 9.29. The van der Waals surface area contributed by atoms with Gasteiger partial charge >= 0.3 is 0 Å². The van der Waals surface area contributed by atoms with E-state index in [4.69, 9.17) is 4.74 Å². The number of fused-ring (bicyclic) bond motifs is 1. The molecule has 1 fully saturated rings. The van der Waals surface area contributed by atoms with Crippen molar-refractivity contribution >= 4 is 38.7 Å². The first-order valence-corrected chi connectivity index (χ1v) is 9.94. The van der Waals surface area contributed by atoms with Gasteiger partial charge in [0.05, 0.1) is 11.5 Å². The maximum Gasteiger partial charge on any atom is 0.266 e. The second-order valence-corrected chi connectivity index (χ2v) is 7.85. The Balaban J connectivity index is 1.67. The molecule has 1 N–H and O–H groups in total. The number of amides is 1. The molecule has 28 heavy (non-hydrogen) atoms. The fraction of sp³-hybridized carbons (Fsp3) is 0.286. The van der Waals surface area contributed by atoms with Gasteiger partial charge in [-0.1, -0.05) is 6.07 Å². The molecule has 3 aromatic rings. The van der Waals surface area contributed by atoms with Crippen LogP contribution in [0.3, 0.4) is 0 Å². The van der Waals surface area contributed by atoms with Crippen LogP contribution < -0.4 is 10.2 Å². The van der Waals surface area contributed by atoms with Crippen LogP contribution >= 0.6 is 11.3 Å². The van der Waals surface area contributed by atoms with Crippen LogP contribution in [0.2, 0.25) is 0 Å². The lowest BCUT2D eigenvalue weighted by Crippen LogP contribution is -2.18. The normalized spacial score (nSPS) is 14.0. The van der Waals surface area contributed by atoms with Crippen LogP contribution in [0, 0.1) is 11.6 Å². The van der Waals surface area contributed by atoms with Crippen molar-refractivity contribution in [2.75, 3.05) is 30.4 Å². The van der Waals surface area contributed by atoms with Gasteiger partial charge in [-0.05, 0) is 43.2 Å². The topological polar surface area (TPSA) is 41.6 Å². The Hall–Kier alpha value is -2.51. The molecule has 4 nitrogen and oxygen atoms in total. The van der Waals surface area contributed by atoms with Crippen LogP contribution in [0.4, 0.5) is 20.2 Å². The second-order valence-electron chi connectivity index (χ2n) is 6.80. The zero-order chi connectivity index (χ0) is 19.7. The average Bonchev–Trinajstić information content (AvgIpc) is 3.30. The number of ether oxygens (including phenoxy) is 1.